The Morgan fingerprint density at radius 2 is 1.80 bits per heavy atom. The van der Waals surface area contributed by atoms with Crippen molar-refractivity contribution in [3.63, 3.8) is 0 Å². The molecule has 0 fully saturated rings. The van der Waals surface area contributed by atoms with Crippen molar-refractivity contribution in [2.45, 2.75) is 32.4 Å². The number of aryl methyl sites for hydroxylation is 1. The largest absolute Gasteiger partial charge is 0.489 e. The molecular formula is C29H28N4O8. The van der Waals surface area contributed by atoms with Crippen LogP contribution in [0.15, 0.2) is 65.7 Å². The van der Waals surface area contributed by atoms with E-state index in [0.29, 0.717) is 35.2 Å². The summed E-state index contributed by atoms with van der Waals surface area (Å²) in [5.74, 6) is -3.95. The van der Waals surface area contributed by atoms with E-state index in [2.05, 4.69) is 4.99 Å². The van der Waals surface area contributed by atoms with Gasteiger partial charge in [-0.25, -0.2) is 19.4 Å². The van der Waals surface area contributed by atoms with Crippen LogP contribution in [-0.4, -0.2) is 57.5 Å². The molecule has 12 heteroatoms. The molecule has 0 bridgehead atoms. The van der Waals surface area contributed by atoms with Crippen LogP contribution < -0.4 is 20.9 Å². The van der Waals surface area contributed by atoms with Crippen LogP contribution in [0.2, 0.25) is 0 Å². The average molecular weight is 561 g/mol. The maximum atomic E-state index is 13.8. The first-order valence-electron chi connectivity index (χ1n) is 12.6. The van der Waals surface area contributed by atoms with E-state index in [0.717, 1.165) is 4.90 Å². The summed E-state index contributed by atoms with van der Waals surface area (Å²) in [5, 5.41) is 19.1. The second kappa shape index (κ2) is 12.2. The lowest BCUT2D eigenvalue weighted by molar-refractivity contribution is -0.141. The highest BCUT2D eigenvalue weighted by atomic mass is 16.6. The number of para-hydroxylation sites is 1. The molecule has 0 aromatic heterocycles. The number of esters is 1. The topological polar surface area (TPSA) is 195 Å². The minimum Gasteiger partial charge on any atom is -0.489 e. The quantitative estimate of drug-likeness (QED) is 0.144. The molecule has 0 spiro atoms. The number of nitrogens with two attached hydrogens (primary N) is 2. The first-order valence-corrected chi connectivity index (χ1v) is 12.6. The molecule has 0 saturated carbocycles. The lowest BCUT2D eigenvalue weighted by Crippen LogP contribution is -2.43. The average Bonchev–Trinajstić information content (AvgIpc) is 2.93. The number of benzene rings is 3. The first kappa shape index (κ1) is 28.6. The number of carbonyl (C=O) groups excluding carboxylic acids is 2. The van der Waals surface area contributed by atoms with Crippen molar-refractivity contribution in [3.05, 3.63) is 88.5 Å². The summed E-state index contributed by atoms with van der Waals surface area (Å²) in [6.45, 7) is 1.30. The van der Waals surface area contributed by atoms with E-state index in [1.54, 1.807) is 24.3 Å². The van der Waals surface area contributed by atoms with Gasteiger partial charge in [0.2, 0.25) is 0 Å². The zero-order valence-electron chi connectivity index (χ0n) is 22.1. The monoisotopic (exact) mass is 560 g/mol. The first-order chi connectivity index (χ1) is 19.5. The van der Waals surface area contributed by atoms with Crippen LogP contribution in [0.5, 0.6) is 11.5 Å². The van der Waals surface area contributed by atoms with E-state index < -0.39 is 29.9 Å². The third-order valence-corrected chi connectivity index (χ3v) is 6.43. The summed E-state index contributed by atoms with van der Waals surface area (Å²) in [7, 11) is 0. The normalized spacial score (nSPS) is 13.3. The van der Waals surface area contributed by atoms with Crippen LogP contribution in [0.1, 0.15) is 55.5 Å². The predicted molar refractivity (Wildman–Crippen MR) is 148 cm³/mol. The van der Waals surface area contributed by atoms with Crippen molar-refractivity contribution in [2.24, 2.45) is 16.5 Å². The van der Waals surface area contributed by atoms with Gasteiger partial charge in [-0.15, -0.1) is 0 Å². The molecule has 0 saturated heterocycles. The predicted octanol–water partition coefficient (Wildman–Crippen LogP) is 2.95. The van der Waals surface area contributed by atoms with Crippen molar-refractivity contribution >= 4 is 35.5 Å². The minimum atomic E-state index is -1.28. The molecule has 1 aliphatic heterocycles. The van der Waals surface area contributed by atoms with Crippen molar-refractivity contribution in [2.75, 3.05) is 6.61 Å². The molecule has 4 rings (SSSR count). The van der Waals surface area contributed by atoms with Gasteiger partial charge in [0.05, 0.1) is 29.0 Å². The van der Waals surface area contributed by atoms with E-state index >= 15 is 0 Å². The fraction of sp³-hybridized carbons (Fsp3) is 0.207. The maximum Gasteiger partial charge on any atom is 0.343 e. The van der Waals surface area contributed by atoms with Gasteiger partial charge in [-0.2, -0.15) is 0 Å². The highest BCUT2D eigenvalue weighted by molar-refractivity contribution is 6.00. The Hall–Kier alpha value is -5.39. The molecule has 41 heavy (non-hydrogen) atoms. The number of carbonyl (C=O) groups is 4. The number of rotatable bonds is 7. The van der Waals surface area contributed by atoms with Crippen LogP contribution in [0.25, 0.3) is 0 Å². The van der Waals surface area contributed by atoms with Gasteiger partial charge in [0, 0.05) is 6.54 Å². The number of nitrogens with zero attached hydrogens (tertiary/aromatic N) is 2. The van der Waals surface area contributed by atoms with Crippen molar-refractivity contribution < 1.29 is 38.9 Å². The van der Waals surface area contributed by atoms with Crippen molar-refractivity contribution in [1.82, 2.24) is 4.90 Å². The van der Waals surface area contributed by atoms with E-state index in [4.69, 9.17) is 20.9 Å². The van der Waals surface area contributed by atoms with Gasteiger partial charge in [-0.3, -0.25) is 4.79 Å². The number of aromatic carboxylic acids is 1. The summed E-state index contributed by atoms with van der Waals surface area (Å²) in [4.78, 5) is 55.5. The number of carboxylic acids is 2. The van der Waals surface area contributed by atoms with Gasteiger partial charge >= 0.3 is 17.9 Å². The van der Waals surface area contributed by atoms with Crippen LogP contribution in [0.3, 0.4) is 0 Å². The molecule has 1 aliphatic rings. The third kappa shape index (κ3) is 6.61. The number of aliphatic carboxylic acids is 1. The summed E-state index contributed by atoms with van der Waals surface area (Å²) in [6.07, 6.45) is 0.885. The zero-order valence-corrected chi connectivity index (χ0v) is 22.1. The van der Waals surface area contributed by atoms with Gasteiger partial charge in [0.25, 0.3) is 5.91 Å². The van der Waals surface area contributed by atoms with E-state index in [1.165, 1.54) is 43.3 Å². The number of ether oxygens (including phenoxy) is 2. The fourth-order valence-electron chi connectivity index (χ4n) is 4.38. The molecule has 0 radical (unpaired) electrons. The Balaban J connectivity index is 1.70. The standard InChI is InChI=1S/C29H28N4O8/c1-16(26(35)36)33(15-17-5-2-6-19(13-17)27(37)38)25(34)22-8-3-9-23-24(22)40-12-4-7-18-14-20(32-29(30)31)10-11-21(18)28(39)41-23/h2-3,5-6,8-11,13-14,16H,4,7,12,15H2,1H3,(H,35,36)(H,37,38)(H4,30,31,32)/t16-/m0/s1. The van der Waals surface area contributed by atoms with Crippen LogP contribution in [0.4, 0.5) is 5.69 Å². The minimum absolute atomic E-state index is 0.00373. The number of carboxylic acid groups (broad SMARTS) is 2. The smallest absolute Gasteiger partial charge is 0.343 e. The molecular weight excluding hydrogens is 532 g/mol. The van der Waals surface area contributed by atoms with Crippen LogP contribution >= 0.6 is 0 Å². The van der Waals surface area contributed by atoms with E-state index in [9.17, 15) is 29.4 Å². The molecule has 6 N–H and O–H groups in total. The molecule has 3 aromatic rings. The van der Waals surface area contributed by atoms with E-state index in [-0.39, 0.29) is 41.7 Å². The molecule has 0 unspecified atom stereocenters. The van der Waals surface area contributed by atoms with Gasteiger partial charge < -0.3 is 36.1 Å². The number of hydrogen-bond donors (Lipinski definition) is 4. The number of hydrogen-bond acceptors (Lipinski definition) is 7. The van der Waals surface area contributed by atoms with Gasteiger partial charge in [0.15, 0.2) is 17.5 Å². The van der Waals surface area contributed by atoms with Gasteiger partial charge in [-0.05, 0) is 73.4 Å². The fourth-order valence-corrected chi connectivity index (χ4v) is 4.38. The summed E-state index contributed by atoms with van der Waals surface area (Å²) >= 11 is 0. The zero-order chi connectivity index (χ0) is 29.7. The molecule has 1 heterocycles. The molecule has 212 valence electrons. The summed E-state index contributed by atoms with van der Waals surface area (Å²) in [6, 6.07) is 13.8. The summed E-state index contributed by atoms with van der Waals surface area (Å²) < 4.78 is 11.6. The van der Waals surface area contributed by atoms with Crippen LogP contribution in [-0.2, 0) is 17.8 Å². The Morgan fingerprint density at radius 3 is 2.51 bits per heavy atom. The number of amides is 1. The Morgan fingerprint density at radius 1 is 1.05 bits per heavy atom. The highest BCUT2D eigenvalue weighted by Crippen LogP contribution is 2.35. The Kier molecular flexibility index (Phi) is 8.51. The molecule has 3 aromatic carbocycles. The maximum absolute atomic E-state index is 13.8. The van der Waals surface area contributed by atoms with Crippen molar-refractivity contribution in [1.29, 1.82) is 0 Å². The highest BCUT2D eigenvalue weighted by Gasteiger charge is 2.31. The van der Waals surface area contributed by atoms with Crippen molar-refractivity contribution in [3.8, 4) is 11.5 Å². The second-order valence-electron chi connectivity index (χ2n) is 9.31. The second-order valence-corrected chi connectivity index (χ2v) is 9.31. The number of aliphatic imine (C=N–C) groups is 1. The third-order valence-electron chi connectivity index (χ3n) is 6.43. The van der Waals surface area contributed by atoms with Crippen LogP contribution in [0, 0.1) is 0 Å². The molecule has 12 nitrogen and oxygen atoms in total. The molecule has 0 aliphatic carbocycles. The van der Waals surface area contributed by atoms with E-state index in [1.807, 2.05) is 0 Å². The van der Waals surface area contributed by atoms with Gasteiger partial charge in [-0.1, -0.05) is 18.2 Å². The Labute approximate surface area is 234 Å². The SMILES string of the molecule is C[C@@H](C(=O)O)N(Cc1cccc(C(=O)O)c1)C(=O)c1cccc2c1OCCCc1cc(N=C(N)N)ccc1C(=O)O2. The lowest BCUT2D eigenvalue weighted by atomic mass is 10.0. The lowest BCUT2D eigenvalue weighted by Gasteiger charge is -2.28. The summed E-state index contributed by atoms with van der Waals surface area (Å²) in [5.41, 5.74) is 12.8. The molecule has 1 amide bonds. The number of fused-ring (bicyclic) bond motifs is 2. The van der Waals surface area contributed by atoms with Gasteiger partial charge in [0.1, 0.15) is 6.04 Å². The number of guanidine groups is 1. The molecule has 1 atom stereocenters. The Bertz CT molecular complexity index is 1550.